The van der Waals surface area contributed by atoms with Gasteiger partial charge in [-0.25, -0.2) is 4.98 Å². The van der Waals surface area contributed by atoms with Crippen LogP contribution in [0.2, 0.25) is 0 Å². The van der Waals surface area contributed by atoms with Crippen molar-refractivity contribution in [1.82, 2.24) is 19.8 Å². The van der Waals surface area contributed by atoms with Gasteiger partial charge in [-0.3, -0.25) is 0 Å². The Morgan fingerprint density at radius 2 is 1.95 bits per heavy atom. The van der Waals surface area contributed by atoms with Gasteiger partial charge in [0.25, 0.3) is 0 Å². The quantitative estimate of drug-likeness (QED) is 0.643. The van der Waals surface area contributed by atoms with Gasteiger partial charge in [-0.15, -0.1) is 0 Å². The number of aromatic nitrogens is 2. The molecule has 122 valence electrons. The molecule has 0 radical (unpaired) electrons. The van der Waals surface area contributed by atoms with Crippen molar-refractivity contribution in [2.24, 2.45) is 0 Å². The molecule has 21 heavy (non-hydrogen) atoms. The van der Waals surface area contributed by atoms with Gasteiger partial charge in [0.2, 0.25) is 0 Å². The third-order valence-electron chi connectivity index (χ3n) is 4.07. The van der Waals surface area contributed by atoms with Crippen molar-refractivity contribution < 1.29 is 0 Å². The molecule has 1 N–H and O–H groups in total. The number of hydrogen-bond acceptors (Lipinski definition) is 3. The smallest absolute Gasteiger partial charge is 0.110 e. The number of imidazole rings is 1. The normalized spacial score (nSPS) is 13.0. The van der Waals surface area contributed by atoms with Gasteiger partial charge in [0.15, 0.2) is 0 Å². The first-order chi connectivity index (χ1) is 10.2. The lowest BCUT2D eigenvalue weighted by atomic mass is 10.1. The summed E-state index contributed by atoms with van der Waals surface area (Å²) in [5.74, 6) is 1.23. The second-order valence-electron chi connectivity index (χ2n) is 5.71. The van der Waals surface area contributed by atoms with Gasteiger partial charge in [0.05, 0.1) is 0 Å². The Bertz CT molecular complexity index is 357. The highest BCUT2D eigenvalue weighted by Gasteiger charge is 2.13. The topological polar surface area (TPSA) is 33.1 Å². The zero-order chi connectivity index (χ0) is 15.5. The molecule has 0 aromatic carbocycles. The van der Waals surface area contributed by atoms with Crippen LogP contribution in [0.3, 0.4) is 0 Å². The summed E-state index contributed by atoms with van der Waals surface area (Å²) in [4.78, 5) is 7.06. The Morgan fingerprint density at radius 3 is 2.57 bits per heavy atom. The molecule has 0 aliphatic rings. The van der Waals surface area contributed by atoms with Gasteiger partial charge < -0.3 is 14.8 Å². The lowest BCUT2D eigenvalue weighted by molar-refractivity contribution is 0.279. The summed E-state index contributed by atoms with van der Waals surface area (Å²) >= 11 is 0. The minimum atomic E-state index is 0.531. The Balaban J connectivity index is 2.57. The number of nitrogens with zero attached hydrogens (tertiary/aromatic N) is 3. The molecule has 0 spiro atoms. The van der Waals surface area contributed by atoms with Crippen LogP contribution in [0.5, 0.6) is 0 Å². The van der Waals surface area contributed by atoms with Crippen molar-refractivity contribution in [2.45, 2.75) is 66.0 Å². The van der Waals surface area contributed by atoms with E-state index in [2.05, 4.69) is 53.7 Å². The molecule has 0 saturated carbocycles. The summed E-state index contributed by atoms with van der Waals surface area (Å²) in [5.41, 5.74) is 0. The Morgan fingerprint density at radius 1 is 1.19 bits per heavy atom. The Labute approximate surface area is 130 Å². The minimum Gasteiger partial charge on any atom is -0.335 e. The summed E-state index contributed by atoms with van der Waals surface area (Å²) < 4.78 is 2.30. The maximum Gasteiger partial charge on any atom is 0.110 e. The zero-order valence-corrected chi connectivity index (χ0v) is 14.4. The van der Waals surface area contributed by atoms with Gasteiger partial charge in [-0.05, 0) is 45.4 Å². The fraction of sp³-hybridized carbons (Fsp3) is 0.824. The van der Waals surface area contributed by atoms with Crippen molar-refractivity contribution >= 4 is 0 Å². The average Bonchev–Trinajstić information content (AvgIpc) is 2.93. The van der Waals surface area contributed by atoms with E-state index in [1.165, 1.54) is 25.2 Å². The molecular formula is C17H34N4. The predicted octanol–water partition coefficient (Wildman–Crippen LogP) is 2.94. The van der Waals surface area contributed by atoms with E-state index in [1.807, 2.05) is 6.20 Å². The van der Waals surface area contributed by atoms with E-state index in [0.29, 0.717) is 6.04 Å². The van der Waals surface area contributed by atoms with Crippen LogP contribution in [-0.4, -0.2) is 46.7 Å². The Kier molecular flexibility index (Phi) is 9.35. The molecule has 0 aliphatic carbocycles. The molecule has 0 bridgehead atoms. The summed E-state index contributed by atoms with van der Waals surface area (Å²) in [6.45, 7) is 14.6. The third-order valence-corrected chi connectivity index (χ3v) is 4.07. The molecule has 1 aromatic heterocycles. The number of aryl methyl sites for hydroxylation is 1. The average molecular weight is 294 g/mol. The van der Waals surface area contributed by atoms with E-state index in [4.69, 9.17) is 0 Å². The number of rotatable bonds is 12. The number of nitrogens with one attached hydrogen (secondary N) is 1. The first kappa shape index (κ1) is 18.2. The Hall–Kier alpha value is -0.870. The van der Waals surface area contributed by atoms with E-state index in [0.717, 1.165) is 39.0 Å². The molecule has 0 saturated heterocycles. The zero-order valence-electron chi connectivity index (χ0n) is 14.4. The maximum absolute atomic E-state index is 4.56. The van der Waals surface area contributed by atoms with Crippen molar-refractivity contribution in [2.75, 3.05) is 26.2 Å². The predicted molar refractivity (Wildman–Crippen MR) is 90.7 cm³/mol. The monoisotopic (exact) mass is 294 g/mol. The van der Waals surface area contributed by atoms with Crippen LogP contribution in [0.25, 0.3) is 0 Å². The maximum atomic E-state index is 4.56. The molecule has 0 fully saturated rings. The van der Waals surface area contributed by atoms with Crippen molar-refractivity contribution in [3.8, 4) is 0 Å². The number of hydrogen-bond donors (Lipinski definition) is 1. The van der Waals surface area contributed by atoms with E-state index in [1.54, 1.807) is 0 Å². The largest absolute Gasteiger partial charge is 0.335 e. The van der Waals surface area contributed by atoms with E-state index in [9.17, 15) is 0 Å². The van der Waals surface area contributed by atoms with Crippen LogP contribution >= 0.6 is 0 Å². The molecule has 1 unspecified atom stereocenters. The van der Waals surface area contributed by atoms with Crippen LogP contribution in [0.15, 0.2) is 12.4 Å². The van der Waals surface area contributed by atoms with Gasteiger partial charge in [0.1, 0.15) is 5.82 Å². The van der Waals surface area contributed by atoms with Crippen LogP contribution in [0, 0.1) is 0 Å². The highest BCUT2D eigenvalue weighted by molar-refractivity contribution is 4.96. The molecule has 1 heterocycles. The molecule has 1 atom stereocenters. The third kappa shape index (κ3) is 6.62. The second kappa shape index (κ2) is 10.8. The SMILES string of the molecule is CCCNC(CCN(CC)CC)Cc1nccn1CCC. The van der Waals surface area contributed by atoms with Crippen molar-refractivity contribution in [3.63, 3.8) is 0 Å². The van der Waals surface area contributed by atoms with E-state index >= 15 is 0 Å². The van der Waals surface area contributed by atoms with Gasteiger partial charge in [-0.2, -0.15) is 0 Å². The van der Waals surface area contributed by atoms with Crippen molar-refractivity contribution in [3.05, 3.63) is 18.2 Å². The highest BCUT2D eigenvalue weighted by atomic mass is 15.1. The summed E-state index contributed by atoms with van der Waals surface area (Å²) in [7, 11) is 0. The van der Waals surface area contributed by atoms with Gasteiger partial charge >= 0.3 is 0 Å². The van der Waals surface area contributed by atoms with Crippen molar-refractivity contribution in [1.29, 1.82) is 0 Å². The van der Waals surface area contributed by atoms with Crippen LogP contribution in [0.4, 0.5) is 0 Å². The summed E-state index contributed by atoms with van der Waals surface area (Å²) in [6.07, 6.45) is 8.63. The van der Waals surface area contributed by atoms with Gasteiger partial charge in [0, 0.05) is 31.4 Å². The van der Waals surface area contributed by atoms with E-state index < -0.39 is 0 Å². The first-order valence-electron chi connectivity index (χ1n) is 8.70. The van der Waals surface area contributed by atoms with Gasteiger partial charge in [-0.1, -0.05) is 27.7 Å². The first-order valence-corrected chi connectivity index (χ1v) is 8.70. The molecule has 4 heteroatoms. The molecule has 0 aliphatic heterocycles. The van der Waals surface area contributed by atoms with E-state index in [-0.39, 0.29) is 0 Å². The molecule has 1 rings (SSSR count). The highest BCUT2D eigenvalue weighted by Crippen LogP contribution is 2.07. The minimum absolute atomic E-state index is 0.531. The molecule has 0 amide bonds. The fourth-order valence-electron chi connectivity index (χ4n) is 2.70. The second-order valence-corrected chi connectivity index (χ2v) is 5.71. The lowest BCUT2D eigenvalue weighted by Gasteiger charge is -2.23. The summed E-state index contributed by atoms with van der Waals surface area (Å²) in [6, 6.07) is 0.531. The fourth-order valence-corrected chi connectivity index (χ4v) is 2.70. The van der Waals surface area contributed by atoms with Crippen LogP contribution in [0.1, 0.15) is 52.8 Å². The standard InChI is InChI=1S/C17H34N4/c1-5-10-18-16(9-13-20(7-3)8-4)15-17-19-11-14-21(17)12-6-2/h11,14,16,18H,5-10,12-13,15H2,1-4H3. The van der Waals surface area contributed by atoms with Crippen LogP contribution < -0.4 is 5.32 Å². The molecule has 4 nitrogen and oxygen atoms in total. The molecular weight excluding hydrogens is 260 g/mol. The molecule has 1 aromatic rings. The van der Waals surface area contributed by atoms with Crippen LogP contribution in [-0.2, 0) is 13.0 Å². The lowest BCUT2D eigenvalue weighted by Crippen LogP contribution is -2.37. The summed E-state index contributed by atoms with van der Waals surface area (Å²) in [5, 5.41) is 3.70.